The van der Waals surface area contributed by atoms with E-state index in [0.29, 0.717) is 85.2 Å². The van der Waals surface area contributed by atoms with Crippen LogP contribution in [0.1, 0.15) is 0 Å². The van der Waals surface area contributed by atoms with Crippen LogP contribution in [0.4, 0.5) is 11.6 Å². The molecule has 0 radical (unpaired) electrons. The van der Waals surface area contributed by atoms with E-state index in [1.54, 1.807) is 24.5 Å². The van der Waals surface area contributed by atoms with Gasteiger partial charge in [-0.15, -0.1) is 0 Å². The fourth-order valence-electron chi connectivity index (χ4n) is 5.37. The van der Waals surface area contributed by atoms with Crippen LogP contribution in [0.15, 0.2) is 85.0 Å². The number of methoxy groups -OCH3 is 1. The third-order valence-electron chi connectivity index (χ3n) is 8.11. The van der Waals surface area contributed by atoms with E-state index in [1.807, 2.05) is 53.4 Å². The summed E-state index contributed by atoms with van der Waals surface area (Å²) in [6.45, 7) is 7.48. The highest BCUT2D eigenvalue weighted by molar-refractivity contribution is 7.92. The zero-order chi connectivity index (χ0) is 35.7. The average Bonchev–Trinajstić information content (AvgIpc) is 3.15. The van der Waals surface area contributed by atoms with Crippen molar-refractivity contribution in [3.05, 3.63) is 95.1 Å². The predicted octanol–water partition coefficient (Wildman–Crippen LogP) is 4.29. The highest BCUT2D eigenvalue weighted by Gasteiger charge is 2.28. The largest absolute Gasteiger partial charge is 0.384 e. The van der Waals surface area contributed by atoms with Gasteiger partial charge in [0.05, 0.1) is 33.8 Å². The van der Waals surface area contributed by atoms with Crippen LogP contribution >= 0.6 is 23.2 Å². The first-order chi connectivity index (χ1) is 24.0. The van der Waals surface area contributed by atoms with Crippen LogP contribution in [0.5, 0.6) is 0 Å². The molecule has 0 saturated carbocycles. The second-order valence-electron chi connectivity index (χ2n) is 11.2. The first-order valence-corrected chi connectivity index (χ1v) is 19.6. The molecule has 6 heterocycles. The lowest BCUT2D eigenvalue weighted by molar-refractivity contribution is 0.215. The lowest BCUT2D eigenvalue weighted by atomic mass is 10.2. The molecule has 0 amide bonds. The van der Waals surface area contributed by atoms with Gasteiger partial charge in [-0.1, -0.05) is 41.9 Å². The van der Waals surface area contributed by atoms with E-state index >= 15 is 0 Å². The van der Waals surface area contributed by atoms with E-state index in [2.05, 4.69) is 31.4 Å². The average molecular weight is 762 g/mol. The second-order valence-corrected chi connectivity index (χ2v) is 16.0. The Labute approximate surface area is 303 Å². The Balaban J connectivity index is 0.000000195. The summed E-state index contributed by atoms with van der Waals surface area (Å²) in [5, 5.41) is 2.06. The summed E-state index contributed by atoms with van der Waals surface area (Å²) in [6, 6.07) is 18.4. The minimum absolute atomic E-state index is 0.00647. The number of aromatic nitrogens is 4. The SMILES string of the molecule is C=CS(=O)(=O)N1CCN(c2ccc(Cl)c(-c3ccccn3)n2)CC1.COCCS(=O)(=O)N1CCN(c2ccc(Cl)c(-c3ccccn3)n2)CC1. The fourth-order valence-corrected chi connectivity index (χ4v) is 8.01. The molecule has 0 N–H and O–H groups in total. The van der Waals surface area contributed by atoms with Gasteiger partial charge in [0.15, 0.2) is 0 Å². The van der Waals surface area contributed by atoms with Crippen molar-refractivity contribution in [3.8, 4) is 22.8 Å². The summed E-state index contributed by atoms with van der Waals surface area (Å²) >= 11 is 12.5. The molecule has 0 aromatic carbocycles. The summed E-state index contributed by atoms with van der Waals surface area (Å²) < 4.78 is 56.0. The summed E-state index contributed by atoms with van der Waals surface area (Å²) in [5.41, 5.74) is 2.66. The minimum Gasteiger partial charge on any atom is -0.384 e. The fraction of sp³-hybridized carbons (Fsp3) is 0.333. The zero-order valence-electron chi connectivity index (χ0n) is 27.5. The van der Waals surface area contributed by atoms with Crippen molar-refractivity contribution in [2.45, 2.75) is 0 Å². The van der Waals surface area contributed by atoms with Gasteiger partial charge in [-0.05, 0) is 48.5 Å². The van der Waals surface area contributed by atoms with Crippen molar-refractivity contribution in [1.82, 2.24) is 28.5 Å². The molecule has 0 bridgehead atoms. The molecule has 13 nitrogen and oxygen atoms in total. The van der Waals surface area contributed by atoms with Crippen molar-refractivity contribution in [3.63, 3.8) is 0 Å². The Morgan fingerprint density at radius 2 is 1.16 bits per heavy atom. The quantitative estimate of drug-likeness (QED) is 0.229. The monoisotopic (exact) mass is 760 g/mol. The summed E-state index contributed by atoms with van der Waals surface area (Å²) in [5.74, 6) is 1.53. The maximum absolute atomic E-state index is 12.3. The van der Waals surface area contributed by atoms with Crippen LogP contribution in [0.25, 0.3) is 22.8 Å². The maximum Gasteiger partial charge on any atom is 0.235 e. The molecule has 2 saturated heterocycles. The first-order valence-electron chi connectivity index (χ1n) is 15.8. The standard InChI is InChI=1S/C17H21ClN4O3S.C16H17ClN4O2S/c1-25-12-13-26(23,24)22-10-8-21(9-11-22)16-6-5-14(18)17(20-16)15-4-2-3-7-19-15;1-2-24(22,23)21-11-9-20(10-12-21)15-7-6-13(17)16(19-15)14-5-3-4-8-18-14/h2-7H,8-13H2,1H3;2-8H,1,9-12H2. The Morgan fingerprint density at radius 1 is 0.700 bits per heavy atom. The lowest BCUT2D eigenvalue weighted by Gasteiger charge is -2.34. The lowest BCUT2D eigenvalue weighted by Crippen LogP contribution is -2.49. The Bertz CT molecular complexity index is 1960. The number of nitrogens with zero attached hydrogens (tertiary/aromatic N) is 8. The normalized spacial score (nSPS) is 16.1. The Kier molecular flexibility index (Phi) is 12.8. The number of pyridine rings is 4. The summed E-state index contributed by atoms with van der Waals surface area (Å²) in [7, 11) is -5.15. The number of ether oxygens (including phenoxy) is 1. The molecule has 2 aliphatic rings. The molecular formula is C33H38Cl2N8O5S2. The number of anilines is 2. The zero-order valence-corrected chi connectivity index (χ0v) is 30.6. The van der Waals surface area contributed by atoms with E-state index in [0.717, 1.165) is 17.0 Å². The molecule has 50 heavy (non-hydrogen) atoms. The summed E-state index contributed by atoms with van der Waals surface area (Å²) in [4.78, 5) is 22.0. The van der Waals surface area contributed by atoms with Crippen molar-refractivity contribution >= 4 is 54.9 Å². The third kappa shape index (κ3) is 9.34. The topological polar surface area (TPSA) is 142 Å². The van der Waals surface area contributed by atoms with Gasteiger partial charge in [0, 0.05) is 77.3 Å². The van der Waals surface area contributed by atoms with Crippen LogP contribution in [0.3, 0.4) is 0 Å². The van der Waals surface area contributed by atoms with E-state index in [1.165, 1.54) is 15.7 Å². The molecule has 4 aromatic heterocycles. The maximum atomic E-state index is 12.3. The third-order valence-corrected chi connectivity index (χ3v) is 12.1. The van der Waals surface area contributed by atoms with Crippen LogP contribution < -0.4 is 9.80 Å². The molecule has 2 aliphatic heterocycles. The van der Waals surface area contributed by atoms with Crippen LogP contribution in [0.2, 0.25) is 10.0 Å². The van der Waals surface area contributed by atoms with Gasteiger partial charge in [-0.2, -0.15) is 8.61 Å². The highest BCUT2D eigenvalue weighted by Crippen LogP contribution is 2.29. The molecule has 0 spiro atoms. The van der Waals surface area contributed by atoms with Gasteiger partial charge in [0.1, 0.15) is 23.0 Å². The molecule has 4 aromatic rings. The second kappa shape index (κ2) is 17.0. The first kappa shape index (κ1) is 37.6. The van der Waals surface area contributed by atoms with Gasteiger partial charge < -0.3 is 14.5 Å². The molecule has 6 rings (SSSR count). The molecule has 0 atom stereocenters. The highest BCUT2D eigenvalue weighted by atomic mass is 35.5. The van der Waals surface area contributed by atoms with Gasteiger partial charge in [-0.3, -0.25) is 9.97 Å². The Hall–Kier alpha value is -3.70. The van der Waals surface area contributed by atoms with Crippen LogP contribution in [-0.2, 0) is 24.8 Å². The molecule has 2 fully saturated rings. The van der Waals surface area contributed by atoms with Crippen LogP contribution in [-0.4, -0.2) is 117 Å². The van der Waals surface area contributed by atoms with E-state index in [9.17, 15) is 16.8 Å². The molecule has 17 heteroatoms. The van der Waals surface area contributed by atoms with Gasteiger partial charge >= 0.3 is 0 Å². The van der Waals surface area contributed by atoms with Crippen molar-refractivity contribution in [2.24, 2.45) is 0 Å². The number of piperazine rings is 2. The smallest absolute Gasteiger partial charge is 0.235 e. The molecule has 0 aliphatic carbocycles. The van der Waals surface area contributed by atoms with Crippen molar-refractivity contribution in [1.29, 1.82) is 0 Å². The van der Waals surface area contributed by atoms with E-state index in [4.69, 9.17) is 27.9 Å². The minimum atomic E-state index is -3.37. The number of hydrogen-bond donors (Lipinski definition) is 0. The van der Waals surface area contributed by atoms with Crippen molar-refractivity contribution in [2.75, 3.05) is 81.6 Å². The molecule has 0 unspecified atom stereocenters. The van der Waals surface area contributed by atoms with Gasteiger partial charge in [0.2, 0.25) is 20.0 Å². The number of hydrogen-bond acceptors (Lipinski definition) is 11. The predicted molar refractivity (Wildman–Crippen MR) is 197 cm³/mol. The van der Waals surface area contributed by atoms with E-state index in [-0.39, 0.29) is 12.4 Å². The van der Waals surface area contributed by atoms with Crippen LogP contribution in [0, 0.1) is 0 Å². The number of rotatable bonds is 10. The van der Waals surface area contributed by atoms with Gasteiger partial charge in [-0.25, -0.2) is 26.8 Å². The van der Waals surface area contributed by atoms with Gasteiger partial charge in [0.25, 0.3) is 0 Å². The molecular weight excluding hydrogens is 723 g/mol. The van der Waals surface area contributed by atoms with E-state index < -0.39 is 20.0 Å². The molecule has 266 valence electrons. The number of halogens is 2. The Morgan fingerprint density at radius 3 is 1.56 bits per heavy atom. The number of sulfonamides is 2. The van der Waals surface area contributed by atoms with Crippen molar-refractivity contribution < 1.29 is 21.6 Å². The summed E-state index contributed by atoms with van der Waals surface area (Å²) in [6.07, 6.45) is 3.39.